The summed E-state index contributed by atoms with van der Waals surface area (Å²) < 4.78 is 13.5. The van der Waals surface area contributed by atoms with Crippen LogP contribution in [0.15, 0.2) is 40.2 Å². The Hall–Kier alpha value is -1.99. The Morgan fingerprint density at radius 2 is 2.14 bits per heavy atom. The van der Waals surface area contributed by atoms with Gasteiger partial charge < -0.3 is 9.47 Å². The maximum absolute atomic E-state index is 12.2. The topological polar surface area (TPSA) is 65.7 Å². The van der Waals surface area contributed by atoms with Crippen LogP contribution in [0.1, 0.15) is 50.1 Å². The summed E-state index contributed by atoms with van der Waals surface area (Å²) in [7, 11) is 1.68. The molecule has 3 rings (SSSR count). The number of rotatable bonds is 8. The molecule has 150 valence electrons. The van der Waals surface area contributed by atoms with E-state index in [0.717, 1.165) is 33.6 Å². The van der Waals surface area contributed by atoms with Crippen molar-refractivity contribution in [2.45, 2.75) is 44.9 Å². The van der Waals surface area contributed by atoms with E-state index < -0.39 is 5.41 Å². The largest absolute Gasteiger partial charge is 0.466 e. The fraction of sp³-hybridized carbons (Fsp3) is 0.476. The summed E-state index contributed by atoms with van der Waals surface area (Å²) in [5.41, 5.74) is 3.79. The highest BCUT2D eigenvalue weighted by Gasteiger charge is 2.42. The van der Waals surface area contributed by atoms with E-state index in [0.29, 0.717) is 32.5 Å². The molecule has 0 amide bonds. The summed E-state index contributed by atoms with van der Waals surface area (Å²) in [6.45, 7) is 4.78. The Kier molecular flexibility index (Phi) is 6.67. The molecule has 6 nitrogen and oxygen atoms in total. The Morgan fingerprint density at radius 3 is 2.82 bits per heavy atom. The van der Waals surface area contributed by atoms with Gasteiger partial charge in [0.25, 0.3) is 0 Å². The van der Waals surface area contributed by atoms with Crippen molar-refractivity contribution in [2.75, 3.05) is 20.3 Å². The first-order valence-electron chi connectivity index (χ1n) is 9.57. The van der Waals surface area contributed by atoms with E-state index in [4.69, 9.17) is 14.6 Å². The zero-order valence-electron chi connectivity index (χ0n) is 16.6. The van der Waals surface area contributed by atoms with Gasteiger partial charge in [-0.3, -0.25) is 9.78 Å². The van der Waals surface area contributed by atoms with Crippen LogP contribution in [0.4, 0.5) is 0 Å². The minimum atomic E-state index is -0.424. The molecule has 0 saturated carbocycles. The number of ether oxygens (including phenoxy) is 2. The van der Waals surface area contributed by atoms with Gasteiger partial charge in [0.15, 0.2) is 0 Å². The summed E-state index contributed by atoms with van der Waals surface area (Å²) in [5.74, 6) is -0.186. The van der Waals surface area contributed by atoms with Gasteiger partial charge in [-0.15, -0.1) is 0 Å². The third-order valence-electron chi connectivity index (χ3n) is 5.16. The Labute approximate surface area is 174 Å². The van der Waals surface area contributed by atoms with Crippen molar-refractivity contribution in [1.82, 2.24) is 9.66 Å². The molecule has 2 aromatic heterocycles. The summed E-state index contributed by atoms with van der Waals surface area (Å²) in [4.78, 5) is 16.6. The molecule has 28 heavy (non-hydrogen) atoms. The highest BCUT2D eigenvalue weighted by molar-refractivity contribution is 9.10. The summed E-state index contributed by atoms with van der Waals surface area (Å²) in [6, 6.07) is 6.31. The Balaban J connectivity index is 2.13. The third kappa shape index (κ3) is 4.05. The highest BCUT2D eigenvalue weighted by Crippen LogP contribution is 2.44. The minimum absolute atomic E-state index is 0.186. The number of carbonyl (C=O) groups excluding carboxylic acids is 1. The molecule has 0 fully saturated rings. The third-order valence-corrected chi connectivity index (χ3v) is 5.60. The lowest BCUT2D eigenvalue weighted by Crippen LogP contribution is -2.38. The molecule has 0 saturated heterocycles. The first kappa shape index (κ1) is 20.7. The number of halogens is 1. The summed E-state index contributed by atoms with van der Waals surface area (Å²) >= 11 is 3.55. The van der Waals surface area contributed by atoms with Gasteiger partial charge >= 0.3 is 5.97 Å². The van der Waals surface area contributed by atoms with Crippen LogP contribution in [0.2, 0.25) is 0 Å². The second kappa shape index (κ2) is 9.01. The van der Waals surface area contributed by atoms with Crippen molar-refractivity contribution in [3.8, 4) is 0 Å². The smallest absolute Gasteiger partial charge is 0.305 e. The minimum Gasteiger partial charge on any atom is -0.466 e. The number of methoxy groups -OCH3 is 1. The van der Waals surface area contributed by atoms with E-state index in [-0.39, 0.29) is 5.97 Å². The van der Waals surface area contributed by atoms with E-state index in [9.17, 15) is 4.79 Å². The van der Waals surface area contributed by atoms with Gasteiger partial charge in [-0.25, -0.2) is 4.68 Å². The van der Waals surface area contributed by atoms with Crippen LogP contribution in [0.3, 0.4) is 0 Å². The highest BCUT2D eigenvalue weighted by atomic mass is 79.9. The molecule has 0 N–H and O–H groups in total. The quantitative estimate of drug-likeness (QED) is 0.571. The van der Waals surface area contributed by atoms with Crippen molar-refractivity contribution in [3.05, 3.63) is 52.0 Å². The molecule has 7 heteroatoms. The van der Waals surface area contributed by atoms with Crippen molar-refractivity contribution in [3.63, 3.8) is 0 Å². The number of aromatic nitrogens is 2. The van der Waals surface area contributed by atoms with Crippen molar-refractivity contribution in [2.24, 2.45) is 5.10 Å². The number of esters is 1. The molecule has 0 aromatic carbocycles. The standard InChI is InChI=1S/C21H26BrN3O3/c1-4-18-6-7-19-21(9-8-20(26)28-5-2,15-10-16(22)13-23-12-15)11-17(14-27-3)24-25(18)19/h6-7,10,12-13H,4-5,8-9,11,14H2,1-3H3. The molecular weight excluding hydrogens is 422 g/mol. The molecule has 1 atom stereocenters. The molecule has 3 heterocycles. The lowest BCUT2D eigenvalue weighted by atomic mass is 9.70. The van der Waals surface area contributed by atoms with Crippen LogP contribution in [0.25, 0.3) is 0 Å². The zero-order valence-corrected chi connectivity index (χ0v) is 18.2. The molecule has 1 aliphatic rings. The van der Waals surface area contributed by atoms with E-state index in [1.165, 1.54) is 0 Å². The van der Waals surface area contributed by atoms with E-state index in [2.05, 4.69) is 46.0 Å². The van der Waals surface area contributed by atoms with Crippen LogP contribution in [-0.4, -0.2) is 41.7 Å². The number of pyridine rings is 1. The number of nitrogens with zero attached hydrogens (tertiary/aromatic N) is 3. The van der Waals surface area contributed by atoms with Crippen molar-refractivity contribution in [1.29, 1.82) is 0 Å². The lowest BCUT2D eigenvalue weighted by molar-refractivity contribution is -0.143. The van der Waals surface area contributed by atoms with Crippen molar-refractivity contribution < 1.29 is 14.3 Å². The van der Waals surface area contributed by atoms with Crippen LogP contribution in [-0.2, 0) is 26.1 Å². The fourth-order valence-electron chi connectivity index (χ4n) is 3.91. The van der Waals surface area contributed by atoms with Crippen LogP contribution in [0, 0.1) is 0 Å². The van der Waals surface area contributed by atoms with E-state index in [1.807, 2.05) is 17.8 Å². The fourth-order valence-corrected chi connectivity index (χ4v) is 4.28. The SMILES string of the molecule is CCOC(=O)CCC1(c2cncc(Br)c2)CC(COC)=Nn2c(CC)ccc21. The number of carbonyl (C=O) groups is 1. The maximum atomic E-state index is 12.2. The van der Waals surface area contributed by atoms with E-state index in [1.54, 1.807) is 13.3 Å². The molecular formula is C21H26BrN3O3. The number of hydrogen-bond donors (Lipinski definition) is 0. The van der Waals surface area contributed by atoms with Gasteiger partial charge in [-0.05, 0) is 59.5 Å². The maximum Gasteiger partial charge on any atom is 0.305 e. The van der Waals surface area contributed by atoms with Crippen LogP contribution >= 0.6 is 15.9 Å². The zero-order chi connectivity index (χ0) is 20.1. The molecule has 0 radical (unpaired) electrons. The van der Waals surface area contributed by atoms with Gasteiger partial charge in [0, 0.05) is 47.9 Å². The molecule has 0 spiro atoms. The molecule has 1 unspecified atom stereocenters. The van der Waals surface area contributed by atoms with Gasteiger partial charge in [-0.1, -0.05) is 6.92 Å². The first-order valence-corrected chi connectivity index (χ1v) is 10.4. The molecule has 1 aliphatic heterocycles. The molecule has 0 aliphatic carbocycles. The summed E-state index contributed by atoms with van der Waals surface area (Å²) in [6.07, 6.45) is 6.13. The van der Waals surface area contributed by atoms with Gasteiger partial charge in [0.1, 0.15) is 0 Å². The van der Waals surface area contributed by atoms with Crippen LogP contribution in [0.5, 0.6) is 0 Å². The average Bonchev–Trinajstić information content (AvgIpc) is 3.10. The Bertz CT molecular complexity index is 878. The molecule has 0 bridgehead atoms. The van der Waals surface area contributed by atoms with Gasteiger partial charge in [0.05, 0.1) is 24.6 Å². The van der Waals surface area contributed by atoms with Gasteiger partial charge in [0.2, 0.25) is 0 Å². The second-order valence-electron chi connectivity index (χ2n) is 6.93. The number of hydrogen-bond acceptors (Lipinski definition) is 5. The van der Waals surface area contributed by atoms with Gasteiger partial charge in [-0.2, -0.15) is 5.10 Å². The monoisotopic (exact) mass is 447 g/mol. The number of fused-ring (bicyclic) bond motifs is 1. The molecule has 2 aromatic rings. The predicted molar refractivity (Wildman–Crippen MR) is 112 cm³/mol. The second-order valence-corrected chi connectivity index (χ2v) is 7.85. The lowest BCUT2D eigenvalue weighted by Gasteiger charge is -2.38. The first-order chi connectivity index (χ1) is 13.5. The van der Waals surface area contributed by atoms with E-state index >= 15 is 0 Å². The number of aryl methyl sites for hydroxylation is 1. The normalized spacial score (nSPS) is 18.5. The predicted octanol–water partition coefficient (Wildman–Crippen LogP) is 4.09. The van der Waals surface area contributed by atoms with Crippen molar-refractivity contribution >= 4 is 27.6 Å². The Morgan fingerprint density at radius 1 is 1.32 bits per heavy atom. The summed E-state index contributed by atoms with van der Waals surface area (Å²) in [5, 5.41) is 4.83. The van der Waals surface area contributed by atoms with Crippen LogP contribution < -0.4 is 0 Å². The average molecular weight is 448 g/mol.